The average molecular weight is 219 g/mol. The number of ketones is 1. The van der Waals surface area contributed by atoms with Crippen LogP contribution in [0.4, 0.5) is 0 Å². The molecule has 0 aliphatic heterocycles. The number of aryl methyl sites for hydroxylation is 2. The molecule has 88 valence electrons. The number of hydrogen-bond acceptors (Lipinski definition) is 2. The monoisotopic (exact) mass is 219 g/mol. The molecule has 0 aliphatic carbocycles. The van der Waals surface area contributed by atoms with Gasteiger partial charge in [0, 0.05) is 12.8 Å². The average Bonchev–Trinajstić information content (AvgIpc) is 2.24. The number of Topliss-reactive ketones (excluding diaryl/α,β-unsaturated/α-hetero) is 1. The van der Waals surface area contributed by atoms with Crippen molar-refractivity contribution in [2.75, 3.05) is 13.6 Å². The van der Waals surface area contributed by atoms with E-state index in [-0.39, 0.29) is 0 Å². The Morgan fingerprint density at radius 1 is 1.31 bits per heavy atom. The van der Waals surface area contributed by atoms with Crippen LogP contribution in [0.5, 0.6) is 0 Å². The van der Waals surface area contributed by atoms with Gasteiger partial charge in [0.05, 0.1) is 0 Å². The molecule has 0 bridgehead atoms. The molecule has 0 aliphatic rings. The van der Waals surface area contributed by atoms with Crippen LogP contribution < -0.4 is 5.32 Å². The molecule has 2 nitrogen and oxygen atoms in total. The fourth-order valence-electron chi connectivity index (χ4n) is 1.75. The summed E-state index contributed by atoms with van der Waals surface area (Å²) >= 11 is 0. The van der Waals surface area contributed by atoms with Gasteiger partial charge in [0.2, 0.25) is 0 Å². The summed E-state index contributed by atoms with van der Waals surface area (Å²) in [5.41, 5.74) is 3.62. The lowest BCUT2D eigenvalue weighted by Crippen LogP contribution is -2.11. The predicted molar refractivity (Wildman–Crippen MR) is 67.8 cm³/mol. The normalized spacial score (nSPS) is 10.4. The minimum Gasteiger partial charge on any atom is -0.320 e. The van der Waals surface area contributed by atoms with Crippen LogP contribution in [0.3, 0.4) is 0 Å². The van der Waals surface area contributed by atoms with Crippen LogP contribution in [0.1, 0.15) is 29.5 Å². The Kier molecular flexibility index (Phi) is 5.20. The van der Waals surface area contributed by atoms with Crippen LogP contribution >= 0.6 is 0 Å². The lowest BCUT2D eigenvalue weighted by Gasteiger charge is -2.06. The third-order valence-corrected chi connectivity index (χ3v) is 2.77. The van der Waals surface area contributed by atoms with Gasteiger partial charge in [-0.2, -0.15) is 0 Å². The van der Waals surface area contributed by atoms with E-state index >= 15 is 0 Å². The van der Waals surface area contributed by atoms with Crippen molar-refractivity contribution in [2.24, 2.45) is 0 Å². The first kappa shape index (κ1) is 12.9. The first-order valence-corrected chi connectivity index (χ1v) is 5.86. The quantitative estimate of drug-likeness (QED) is 0.744. The highest BCUT2D eigenvalue weighted by molar-refractivity contribution is 5.81. The molecule has 0 spiro atoms. The van der Waals surface area contributed by atoms with Gasteiger partial charge in [0.1, 0.15) is 5.78 Å². The van der Waals surface area contributed by atoms with Crippen LogP contribution in [-0.2, 0) is 11.2 Å². The predicted octanol–water partition coefficient (Wildman–Crippen LogP) is 2.41. The summed E-state index contributed by atoms with van der Waals surface area (Å²) in [7, 11) is 1.91. The molecule has 0 aromatic heterocycles. The Morgan fingerprint density at radius 2 is 2.06 bits per heavy atom. The van der Waals surface area contributed by atoms with Gasteiger partial charge >= 0.3 is 0 Å². The zero-order chi connectivity index (χ0) is 12.0. The van der Waals surface area contributed by atoms with Crippen LogP contribution in [0.25, 0.3) is 0 Å². The highest BCUT2D eigenvalue weighted by Gasteiger charge is 2.06. The number of rotatable bonds is 6. The van der Waals surface area contributed by atoms with Crippen molar-refractivity contribution in [2.45, 2.75) is 33.1 Å². The Balaban J connectivity index is 2.52. The number of carbonyl (C=O) groups is 1. The summed E-state index contributed by atoms with van der Waals surface area (Å²) in [6, 6.07) is 6.29. The van der Waals surface area contributed by atoms with Gasteiger partial charge in [-0.25, -0.2) is 0 Å². The molecule has 0 heterocycles. The van der Waals surface area contributed by atoms with E-state index in [0.717, 1.165) is 13.0 Å². The van der Waals surface area contributed by atoms with Gasteiger partial charge in [0.15, 0.2) is 0 Å². The second-order valence-electron chi connectivity index (χ2n) is 4.35. The molecular formula is C14H21NO. The molecule has 0 unspecified atom stereocenters. The molecule has 0 saturated carbocycles. The molecule has 1 N–H and O–H groups in total. The standard InChI is InChI=1S/C14H21NO/c1-11-6-7-12(2)13(9-11)10-14(16)5-4-8-15-3/h6-7,9,15H,4-5,8,10H2,1-3H3. The van der Waals surface area contributed by atoms with E-state index in [2.05, 4.69) is 37.4 Å². The van der Waals surface area contributed by atoms with E-state index in [4.69, 9.17) is 0 Å². The maximum Gasteiger partial charge on any atom is 0.137 e. The van der Waals surface area contributed by atoms with Crippen molar-refractivity contribution in [1.29, 1.82) is 0 Å². The van der Waals surface area contributed by atoms with Gasteiger partial charge in [-0.3, -0.25) is 4.79 Å². The third kappa shape index (κ3) is 4.15. The van der Waals surface area contributed by atoms with E-state index in [9.17, 15) is 4.79 Å². The van der Waals surface area contributed by atoms with Crippen molar-refractivity contribution in [3.8, 4) is 0 Å². The van der Waals surface area contributed by atoms with Crippen LogP contribution in [0.2, 0.25) is 0 Å². The van der Waals surface area contributed by atoms with E-state index in [1.807, 2.05) is 7.05 Å². The maximum absolute atomic E-state index is 11.7. The SMILES string of the molecule is CNCCCC(=O)Cc1cc(C)ccc1C. The maximum atomic E-state index is 11.7. The van der Waals surface area contributed by atoms with E-state index in [0.29, 0.717) is 18.6 Å². The lowest BCUT2D eigenvalue weighted by molar-refractivity contribution is -0.118. The van der Waals surface area contributed by atoms with Crippen molar-refractivity contribution in [3.05, 3.63) is 34.9 Å². The first-order valence-electron chi connectivity index (χ1n) is 5.86. The number of benzene rings is 1. The number of carbonyl (C=O) groups excluding carboxylic acids is 1. The molecule has 1 rings (SSSR count). The molecule has 1 aromatic rings. The highest BCUT2D eigenvalue weighted by Crippen LogP contribution is 2.12. The van der Waals surface area contributed by atoms with Gasteiger partial charge < -0.3 is 5.32 Å². The molecule has 0 amide bonds. The summed E-state index contributed by atoms with van der Waals surface area (Å²) in [4.78, 5) is 11.7. The first-order chi connectivity index (χ1) is 7.63. The summed E-state index contributed by atoms with van der Waals surface area (Å²) in [6.07, 6.45) is 2.19. The minimum absolute atomic E-state index is 0.337. The smallest absolute Gasteiger partial charge is 0.137 e. The van der Waals surface area contributed by atoms with E-state index < -0.39 is 0 Å². The fourth-order valence-corrected chi connectivity index (χ4v) is 1.75. The molecule has 0 saturated heterocycles. The summed E-state index contributed by atoms with van der Waals surface area (Å²) in [5.74, 6) is 0.337. The van der Waals surface area contributed by atoms with Gasteiger partial charge in [-0.1, -0.05) is 23.8 Å². The molecule has 0 atom stereocenters. The topological polar surface area (TPSA) is 29.1 Å². The fraction of sp³-hybridized carbons (Fsp3) is 0.500. The van der Waals surface area contributed by atoms with E-state index in [1.54, 1.807) is 0 Å². The minimum atomic E-state index is 0.337. The van der Waals surface area contributed by atoms with Crippen molar-refractivity contribution < 1.29 is 4.79 Å². The molecule has 16 heavy (non-hydrogen) atoms. The summed E-state index contributed by atoms with van der Waals surface area (Å²) in [5, 5.41) is 3.06. The van der Waals surface area contributed by atoms with Crippen molar-refractivity contribution >= 4 is 5.78 Å². The number of nitrogens with one attached hydrogen (secondary N) is 1. The van der Waals surface area contributed by atoms with Crippen LogP contribution in [0, 0.1) is 13.8 Å². The van der Waals surface area contributed by atoms with Gasteiger partial charge in [-0.15, -0.1) is 0 Å². The lowest BCUT2D eigenvalue weighted by atomic mass is 9.99. The zero-order valence-electron chi connectivity index (χ0n) is 10.5. The van der Waals surface area contributed by atoms with Gasteiger partial charge in [-0.05, 0) is 45.0 Å². The Morgan fingerprint density at radius 3 is 2.75 bits per heavy atom. The third-order valence-electron chi connectivity index (χ3n) is 2.77. The highest BCUT2D eigenvalue weighted by atomic mass is 16.1. The van der Waals surface area contributed by atoms with Crippen molar-refractivity contribution in [1.82, 2.24) is 5.32 Å². The summed E-state index contributed by atoms with van der Waals surface area (Å²) in [6.45, 7) is 5.04. The van der Waals surface area contributed by atoms with Crippen LogP contribution in [-0.4, -0.2) is 19.4 Å². The Hall–Kier alpha value is -1.15. The largest absolute Gasteiger partial charge is 0.320 e. The van der Waals surface area contributed by atoms with Crippen LogP contribution in [0.15, 0.2) is 18.2 Å². The zero-order valence-corrected chi connectivity index (χ0v) is 10.5. The second-order valence-corrected chi connectivity index (χ2v) is 4.35. The Bertz CT molecular complexity index is 358. The molecule has 2 heteroatoms. The van der Waals surface area contributed by atoms with Gasteiger partial charge in [0.25, 0.3) is 0 Å². The second kappa shape index (κ2) is 6.44. The van der Waals surface area contributed by atoms with Crippen molar-refractivity contribution in [3.63, 3.8) is 0 Å². The summed E-state index contributed by atoms with van der Waals surface area (Å²) < 4.78 is 0. The molecule has 0 fully saturated rings. The molecule has 1 aromatic carbocycles. The molecule has 0 radical (unpaired) electrons. The number of hydrogen-bond donors (Lipinski definition) is 1. The molecular weight excluding hydrogens is 198 g/mol. The Labute approximate surface area is 98.1 Å². The van der Waals surface area contributed by atoms with E-state index in [1.165, 1.54) is 16.7 Å².